The molecule has 1 aromatic carbocycles. The number of nitrogens with zero attached hydrogens (tertiary/aromatic N) is 1. The predicted octanol–water partition coefficient (Wildman–Crippen LogP) is 2.78. The zero-order valence-corrected chi connectivity index (χ0v) is 15.6. The van der Waals surface area contributed by atoms with Crippen LogP contribution >= 0.6 is 0 Å². The summed E-state index contributed by atoms with van der Waals surface area (Å²) in [5, 5.41) is 34.2. The van der Waals surface area contributed by atoms with E-state index in [9.17, 15) is 25.1 Å². The van der Waals surface area contributed by atoms with Gasteiger partial charge in [0.05, 0.1) is 4.92 Å². The maximum Gasteiger partial charge on any atom is 0.310 e. The van der Waals surface area contributed by atoms with Crippen molar-refractivity contribution in [2.24, 2.45) is 17.8 Å². The molecule has 144 valence electrons. The van der Waals surface area contributed by atoms with Gasteiger partial charge in [0.25, 0.3) is 5.91 Å². The van der Waals surface area contributed by atoms with Crippen LogP contribution in [0.25, 0.3) is 0 Å². The second-order valence-corrected chi connectivity index (χ2v) is 7.75. The van der Waals surface area contributed by atoms with Crippen molar-refractivity contribution in [1.29, 1.82) is 0 Å². The quantitative estimate of drug-likeness (QED) is 0.531. The van der Waals surface area contributed by atoms with E-state index in [1.54, 1.807) is 6.07 Å². The van der Waals surface area contributed by atoms with E-state index in [1.165, 1.54) is 12.1 Å². The molecule has 3 atom stereocenters. The Hall–Kier alpha value is -2.15. The molecule has 0 aromatic heterocycles. The third-order valence-corrected chi connectivity index (χ3v) is 5.38. The van der Waals surface area contributed by atoms with E-state index in [-0.39, 0.29) is 35.7 Å². The minimum Gasteiger partial charge on any atom is -0.502 e. The number of phenolic OH excluding ortho intramolecular Hbond substituents is 1. The Labute approximate surface area is 153 Å². The molecule has 1 saturated carbocycles. The van der Waals surface area contributed by atoms with Gasteiger partial charge in [-0.3, -0.25) is 14.9 Å². The topological polar surface area (TPSA) is 113 Å². The number of nitro benzene ring substituents is 1. The number of aliphatic hydroxyl groups is 1. The van der Waals surface area contributed by atoms with E-state index >= 15 is 0 Å². The van der Waals surface area contributed by atoms with Gasteiger partial charge in [0.15, 0.2) is 5.75 Å². The molecule has 0 saturated heterocycles. The second-order valence-electron chi connectivity index (χ2n) is 7.75. The Bertz CT molecular complexity index is 676. The van der Waals surface area contributed by atoms with Crippen molar-refractivity contribution >= 4 is 11.6 Å². The van der Waals surface area contributed by atoms with E-state index in [0.29, 0.717) is 24.3 Å². The van der Waals surface area contributed by atoms with E-state index in [0.717, 1.165) is 12.8 Å². The summed E-state index contributed by atoms with van der Waals surface area (Å²) >= 11 is 0. The van der Waals surface area contributed by atoms with Gasteiger partial charge in [-0.1, -0.05) is 33.3 Å². The molecule has 1 aromatic rings. The zero-order chi connectivity index (χ0) is 19.5. The first-order chi connectivity index (χ1) is 12.1. The lowest BCUT2D eigenvalue weighted by atomic mass is 9.66. The predicted molar refractivity (Wildman–Crippen MR) is 97.8 cm³/mol. The van der Waals surface area contributed by atoms with Gasteiger partial charge < -0.3 is 15.5 Å². The van der Waals surface area contributed by atoms with Crippen LogP contribution in [0.3, 0.4) is 0 Å². The molecule has 3 N–H and O–H groups in total. The van der Waals surface area contributed by atoms with Gasteiger partial charge >= 0.3 is 5.69 Å². The van der Waals surface area contributed by atoms with E-state index in [2.05, 4.69) is 5.32 Å². The number of nitrogens with one attached hydrogen (secondary N) is 1. The van der Waals surface area contributed by atoms with Gasteiger partial charge in [0, 0.05) is 12.6 Å². The average Bonchev–Trinajstić information content (AvgIpc) is 2.55. The molecule has 1 aliphatic carbocycles. The number of amides is 1. The lowest BCUT2D eigenvalue weighted by Gasteiger charge is -2.43. The fourth-order valence-corrected chi connectivity index (χ4v) is 3.98. The third-order valence-electron chi connectivity index (χ3n) is 5.38. The fraction of sp³-hybridized carbons (Fsp3) is 0.632. The van der Waals surface area contributed by atoms with Crippen LogP contribution in [0, 0.1) is 27.9 Å². The molecule has 2 rings (SSSR count). The van der Waals surface area contributed by atoms with E-state index < -0.39 is 10.5 Å². The molecule has 0 heterocycles. The Morgan fingerprint density at radius 3 is 2.73 bits per heavy atom. The van der Waals surface area contributed by atoms with Gasteiger partial charge in [-0.15, -0.1) is 0 Å². The summed E-state index contributed by atoms with van der Waals surface area (Å²) in [6, 6.07) is 4.17. The number of nitro groups is 1. The first kappa shape index (κ1) is 20.2. The second kappa shape index (κ2) is 8.03. The number of hydrogen-bond acceptors (Lipinski definition) is 5. The van der Waals surface area contributed by atoms with Gasteiger partial charge in [-0.2, -0.15) is 0 Å². The monoisotopic (exact) mass is 364 g/mol. The minimum absolute atomic E-state index is 0.0755. The van der Waals surface area contributed by atoms with Crippen molar-refractivity contribution < 1.29 is 19.9 Å². The Kier molecular flexibility index (Phi) is 6.23. The summed E-state index contributed by atoms with van der Waals surface area (Å²) in [5.41, 5.74) is -1.08. The number of phenols is 1. The van der Waals surface area contributed by atoms with Crippen LogP contribution in [0.4, 0.5) is 5.69 Å². The molecule has 26 heavy (non-hydrogen) atoms. The SMILES string of the molecule is CC1CCC(C(C)C)C(O)(C(=O)NCCc2ccc(O)c([N+](=O)[O-])c2)C1. The minimum atomic E-state index is -1.37. The Balaban J connectivity index is 2.01. The molecular formula is C19H28N2O5. The zero-order valence-electron chi connectivity index (χ0n) is 15.6. The van der Waals surface area contributed by atoms with Gasteiger partial charge in [0.1, 0.15) is 5.60 Å². The molecular weight excluding hydrogens is 336 g/mol. The van der Waals surface area contributed by atoms with E-state index in [1.807, 2.05) is 20.8 Å². The fourth-order valence-electron chi connectivity index (χ4n) is 3.98. The summed E-state index contributed by atoms with van der Waals surface area (Å²) in [6.07, 6.45) is 2.67. The molecule has 3 unspecified atom stereocenters. The number of aromatic hydroxyl groups is 1. The van der Waals surface area contributed by atoms with Crippen molar-refractivity contribution in [3.05, 3.63) is 33.9 Å². The number of carbonyl (C=O) groups is 1. The highest BCUT2D eigenvalue weighted by Gasteiger charge is 2.48. The molecule has 7 nitrogen and oxygen atoms in total. The summed E-state index contributed by atoms with van der Waals surface area (Å²) in [6.45, 7) is 6.36. The lowest BCUT2D eigenvalue weighted by molar-refractivity contribution is -0.385. The first-order valence-electron chi connectivity index (χ1n) is 9.12. The van der Waals surface area contributed by atoms with Gasteiger partial charge in [-0.05, 0) is 48.6 Å². The van der Waals surface area contributed by atoms with Crippen LogP contribution in [0.1, 0.15) is 45.6 Å². The maximum atomic E-state index is 12.7. The summed E-state index contributed by atoms with van der Waals surface area (Å²) < 4.78 is 0. The van der Waals surface area contributed by atoms with Crippen molar-refractivity contribution in [3.63, 3.8) is 0 Å². The molecule has 1 fully saturated rings. The number of carbonyl (C=O) groups excluding carboxylic acids is 1. The van der Waals surface area contributed by atoms with E-state index in [4.69, 9.17) is 0 Å². The standard InChI is InChI=1S/C19H28N2O5/c1-12(2)15-6-4-13(3)11-19(15,24)18(23)20-9-8-14-5-7-17(22)16(10-14)21(25)26/h5,7,10,12-13,15,22,24H,4,6,8-9,11H2,1-3H3,(H,20,23). The van der Waals surface area contributed by atoms with Crippen LogP contribution in [-0.2, 0) is 11.2 Å². The highest BCUT2D eigenvalue weighted by molar-refractivity contribution is 5.85. The summed E-state index contributed by atoms with van der Waals surface area (Å²) in [4.78, 5) is 22.9. The highest BCUT2D eigenvalue weighted by atomic mass is 16.6. The average molecular weight is 364 g/mol. The molecule has 7 heteroatoms. The van der Waals surface area contributed by atoms with Crippen molar-refractivity contribution in [2.75, 3.05) is 6.54 Å². The number of rotatable bonds is 6. The largest absolute Gasteiger partial charge is 0.502 e. The summed E-state index contributed by atoms with van der Waals surface area (Å²) in [7, 11) is 0. The molecule has 0 spiro atoms. The first-order valence-corrected chi connectivity index (χ1v) is 9.12. The molecule has 0 aliphatic heterocycles. The van der Waals surface area contributed by atoms with Crippen LogP contribution < -0.4 is 5.32 Å². The normalized spacial score (nSPS) is 25.9. The number of benzene rings is 1. The lowest BCUT2D eigenvalue weighted by Crippen LogP contribution is -2.56. The Morgan fingerprint density at radius 1 is 1.42 bits per heavy atom. The van der Waals surface area contributed by atoms with Crippen LogP contribution in [0.15, 0.2) is 18.2 Å². The molecule has 1 amide bonds. The molecule has 0 radical (unpaired) electrons. The number of hydrogen-bond donors (Lipinski definition) is 3. The van der Waals surface area contributed by atoms with Crippen molar-refractivity contribution in [1.82, 2.24) is 5.32 Å². The van der Waals surface area contributed by atoms with Crippen LogP contribution in [0.5, 0.6) is 5.75 Å². The molecule has 1 aliphatic rings. The smallest absolute Gasteiger partial charge is 0.310 e. The van der Waals surface area contributed by atoms with Gasteiger partial charge in [0.2, 0.25) is 0 Å². The maximum absolute atomic E-state index is 12.7. The van der Waals surface area contributed by atoms with Crippen molar-refractivity contribution in [2.45, 2.75) is 52.1 Å². The van der Waals surface area contributed by atoms with Gasteiger partial charge in [-0.25, -0.2) is 0 Å². The Morgan fingerprint density at radius 2 is 2.12 bits per heavy atom. The molecule has 0 bridgehead atoms. The highest BCUT2D eigenvalue weighted by Crippen LogP contribution is 2.41. The van der Waals surface area contributed by atoms with Crippen molar-refractivity contribution in [3.8, 4) is 5.75 Å². The summed E-state index contributed by atoms with van der Waals surface area (Å²) in [5.74, 6) is -0.323. The van der Waals surface area contributed by atoms with Crippen LogP contribution in [0.2, 0.25) is 0 Å². The third kappa shape index (κ3) is 4.33. The van der Waals surface area contributed by atoms with Crippen LogP contribution in [-0.4, -0.2) is 33.2 Å².